The second kappa shape index (κ2) is 4.93. The number of hydrogen-bond acceptors (Lipinski definition) is 2. The number of fused-ring (bicyclic) bond motifs is 1. The second-order valence-corrected chi connectivity index (χ2v) is 5.03. The molecule has 0 aliphatic carbocycles. The average Bonchev–Trinajstić information content (AvgIpc) is 2.76. The molecule has 0 amide bonds. The van der Waals surface area contributed by atoms with Crippen molar-refractivity contribution in [2.75, 3.05) is 0 Å². The van der Waals surface area contributed by atoms with E-state index < -0.39 is 0 Å². The van der Waals surface area contributed by atoms with Gasteiger partial charge in [0.05, 0.1) is 12.1 Å². The minimum absolute atomic E-state index is 0.129. The molecule has 3 aromatic rings. The molecule has 0 spiro atoms. The zero-order valence-corrected chi connectivity index (χ0v) is 11.6. The summed E-state index contributed by atoms with van der Waals surface area (Å²) in [7, 11) is 1.87. The summed E-state index contributed by atoms with van der Waals surface area (Å²) >= 11 is 0. The average molecular weight is 264 g/mol. The fourth-order valence-corrected chi connectivity index (χ4v) is 2.56. The van der Waals surface area contributed by atoms with Crippen LogP contribution in [0.25, 0.3) is 10.8 Å². The third-order valence-electron chi connectivity index (χ3n) is 3.53. The van der Waals surface area contributed by atoms with E-state index in [2.05, 4.69) is 5.10 Å². The summed E-state index contributed by atoms with van der Waals surface area (Å²) in [6.45, 7) is 1.94. The molecule has 0 aliphatic heterocycles. The van der Waals surface area contributed by atoms with E-state index >= 15 is 0 Å². The Hall–Kier alpha value is -2.42. The lowest BCUT2D eigenvalue weighted by Crippen LogP contribution is -2.08. The SMILES string of the molecule is Cc1cc(CC(=O)c2cccc3ccccc23)n(C)n1. The van der Waals surface area contributed by atoms with Crippen LogP contribution in [0.15, 0.2) is 48.5 Å². The van der Waals surface area contributed by atoms with Crippen LogP contribution in [0.2, 0.25) is 0 Å². The lowest BCUT2D eigenvalue weighted by Gasteiger charge is -2.06. The maximum absolute atomic E-state index is 12.5. The van der Waals surface area contributed by atoms with E-state index in [0.717, 1.165) is 27.7 Å². The highest BCUT2D eigenvalue weighted by molar-refractivity contribution is 6.08. The lowest BCUT2D eigenvalue weighted by molar-refractivity contribution is 0.0992. The highest BCUT2D eigenvalue weighted by Crippen LogP contribution is 2.20. The highest BCUT2D eigenvalue weighted by atomic mass is 16.1. The molecule has 0 unspecified atom stereocenters. The number of Topliss-reactive ketones (excluding diaryl/α,β-unsaturated/α-hetero) is 1. The Morgan fingerprint density at radius 3 is 2.65 bits per heavy atom. The van der Waals surface area contributed by atoms with Gasteiger partial charge in [-0.15, -0.1) is 0 Å². The Morgan fingerprint density at radius 1 is 1.15 bits per heavy atom. The van der Waals surface area contributed by atoms with Crippen LogP contribution >= 0.6 is 0 Å². The van der Waals surface area contributed by atoms with Gasteiger partial charge < -0.3 is 0 Å². The van der Waals surface area contributed by atoms with E-state index in [4.69, 9.17) is 0 Å². The first-order valence-corrected chi connectivity index (χ1v) is 6.65. The van der Waals surface area contributed by atoms with Crippen molar-refractivity contribution in [1.82, 2.24) is 9.78 Å². The maximum Gasteiger partial charge on any atom is 0.169 e. The van der Waals surface area contributed by atoms with E-state index in [1.165, 1.54) is 0 Å². The molecular formula is C17H16N2O. The Bertz CT molecular complexity index is 781. The van der Waals surface area contributed by atoms with Crippen molar-refractivity contribution in [1.29, 1.82) is 0 Å². The standard InChI is InChI=1S/C17H16N2O/c1-12-10-14(19(2)18-12)11-17(20)16-9-5-7-13-6-3-4-8-15(13)16/h3-10H,11H2,1-2H3. The van der Waals surface area contributed by atoms with Crippen LogP contribution in [0.3, 0.4) is 0 Å². The summed E-state index contributed by atoms with van der Waals surface area (Å²) in [5.41, 5.74) is 2.66. The van der Waals surface area contributed by atoms with Gasteiger partial charge in [0, 0.05) is 18.3 Å². The molecule has 0 atom stereocenters. The summed E-state index contributed by atoms with van der Waals surface area (Å²) in [6.07, 6.45) is 0.380. The zero-order chi connectivity index (χ0) is 14.1. The van der Waals surface area contributed by atoms with Crippen LogP contribution in [-0.2, 0) is 13.5 Å². The first kappa shape index (κ1) is 12.6. The summed E-state index contributed by atoms with van der Waals surface area (Å²) in [6, 6.07) is 15.8. The van der Waals surface area contributed by atoms with E-state index in [1.54, 1.807) is 4.68 Å². The van der Waals surface area contributed by atoms with Gasteiger partial charge in [0.15, 0.2) is 5.78 Å². The molecule has 0 N–H and O–H groups in total. The van der Waals surface area contributed by atoms with E-state index in [9.17, 15) is 4.79 Å². The number of nitrogens with zero attached hydrogens (tertiary/aromatic N) is 2. The molecule has 0 bridgehead atoms. The summed E-state index contributed by atoms with van der Waals surface area (Å²) < 4.78 is 1.78. The minimum atomic E-state index is 0.129. The van der Waals surface area contributed by atoms with Crippen molar-refractivity contribution >= 4 is 16.6 Å². The second-order valence-electron chi connectivity index (χ2n) is 5.03. The largest absolute Gasteiger partial charge is 0.294 e. The van der Waals surface area contributed by atoms with Crippen LogP contribution in [-0.4, -0.2) is 15.6 Å². The quantitative estimate of drug-likeness (QED) is 0.680. The maximum atomic E-state index is 12.5. The molecular weight excluding hydrogens is 248 g/mol. The number of ketones is 1. The number of hydrogen-bond donors (Lipinski definition) is 0. The predicted octanol–water partition coefficient (Wildman–Crippen LogP) is 3.31. The number of carbonyl (C=O) groups is 1. The van der Waals surface area contributed by atoms with Crippen molar-refractivity contribution in [2.24, 2.45) is 7.05 Å². The molecule has 0 saturated carbocycles. The molecule has 20 heavy (non-hydrogen) atoms. The lowest BCUT2D eigenvalue weighted by atomic mass is 9.99. The van der Waals surface area contributed by atoms with E-state index in [1.807, 2.05) is 62.5 Å². The topological polar surface area (TPSA) is 34.9 Å². The molecule has 3 nitrogen and oxygen atoms in total. The third-order valence-corrected chi connectivity index (χ3v) is 3.53. The Labute approximate surface area is 117 Å². The van der Waals surface area contributed by atoms with Gasteiger partial charge >= 0.3 is 0 Å². The molecule has 1 aromatic heterocycles. The van der Waals surface area contributed by atoms with E-state index in [0.29, 0.717) is 6.42 Å². The highest BCUT2D eigenvalue weighted by Gasteiger charge is 2.13. The normalized spacial score (nSPS) is 10.9. The number of aromatic nitrogens is 2. The number of rotatable bonds is 3. The molecule has 2 aromatic carbocycles. The molecule has 0 aliphatic rings. The first-order chi connectivity index (χ1) is 9.65. The molecule has 100 valence electrons. The number of benzene rings is 2. The van der Waals surface area contributed by atoms with Crippen LogP contribution in [0.5, 0.6) is 0 Å². The third kappa shape index (κ3) is 2.23. The molecule has 3 heteroatoms. The van der Waals surface area contributed by atoms with Crippen molar-refractivity contribution in [3.05, 3.63) is 65.5 Å². The van der Waals surface area contributed by atoms with E-state index in [-0.39, 0.29) is 5.78 Å². The van der Waals surface area contributed by atoms with Crippen molar-refractivity contribution < 1.29 is 4.79 Å². The monoisotopic (exact) mass is 264 g/mol. The van der Waals surface area contributed by atoms with Gasteiger partial charge in [0.25, 0.3) is 0 Å². The van der Waals surface area contributed by atoms with Crippen LogP contribution in [0, 0.1) is 6.92 Å². The minimum Gasteiger partial charge on any atom is -0.294 e. The van der Waals surface area contributed by atoms with Crippen LogP contribution in [0.4, 0.5) is 0 Å². The Kier molecular flexibility index (Phi) is 3.11. The molecule has 0 radical (unpaired) electrons. The Morgan fingerprint density at radius 2 is 1.90 bits per heavy atom. The number of aryl methyl sites for hydroxylation is 2. The smallest absolute Gasteiger partial charge is 0.169 e. The van der Waals surface area contributed by atoms with Crippen molar-refractivity contribution in [3.63, 3.8) is 0 Å². The zero-order valence-electron chi connectivity index (χ0n) is 11.6. The fraction of sp³-hybridized carbons (Fsp3) is 0.176. The van der Waals surface area contributed by atoms with Gasteiger partial charge in [-0.2, -0.15) is 5.10 Å². The van der Waals surface area contributed by atoms with Crippen LogP contribution in [0.1, 0.15) is 21.7 Å². The van der Waals surface area contributed by atoms with Gasteiger partial charge in [-0.3, -0.25) is 9.48 Å². The van der Waals surface area contributed by atoms with Gasteiger partial charge in [-0.1, -0.05) is 42.5 Å². The molecule has 0 fully saturated rings. The molecule has 0 saturated heterocycles. The van der Waals surface area contributed by atoms with Crippen molar-refractivity contribution in [3.8, 4) is 0 Å². The summed E-state index contributed by atoms with van der Waals surface area (Å²) in [5.74, 6) is 0.129. The van der Waals surface area contributed by atoms with Gasteiger partial charge in [-0.05, 0) is 23.8 Å². The van der Waals surface area contributed by atoms with Gasteiger partial charge in [0.1, 0.15) is 0 Å². The number of carbonyl (C=O) groups excluding carboxylic acids is 1. The fourth-order valence-electron chi connectivity index (χ4n) is 2.56. The van der Waals surface area contributed by atoms with Gasteiger partial charge in [0.2, 0.25) is 0 Å². The first-order valence-electron chi connectivity index (χ1n) is 6.65. The van der Waals surface area contributed by atoms with Gasteiger partial charge in [-0.25, -0.2) is 0 Å². The Balaban J connectivity index is 1.99. The van der Waals surface area contributed by atoms with Crippen LogP contribution < -0.4 is 0 Å². The predicted molar refractivity (Wildman–Crippen MR) is 79.9 cm³/mol. The molecule has 1 heterocycles. The van der Waals surface area contributed by atoms with Crippen molar-refractivity contribution in [2.45, 2.75) is 13.3 Å². The summed E-state index contributed by atoms with van der Waals surface area (Å²) in [5, 5.41) is 6.39. The summed E-state index contributed by atoms with van der Waals surface area (Å²) in [4.78, 5) is 12.5. The molecule has 3 rings (SSSR count).